The average molecular weight is 192 g/mol. The highest BCUT2D eigenvalue weighted by atomic mass is 14.9. The minimum absolute atomic E-state index is 0.607. The summed E-state index contributed by atoms with van der Waals surface area (Å²) in [6, 6.07) is 8.70. The summed E-state index contributed by atoms with van der Waals surface area (Å²) in [7, 11) is 0. The maximum Gasteiger partial charge on any atom is 0.0316 e. The average Bonchev–Trinajstić information content (AvgIpc) is 2.17. The van der Waals surface area contributed by atoms with Crippen LogP contribution >= 0.6 is 0 Å². The summed E-state index contributed by atoms with van der Waals surface area (Å²) in [4.78, 5) is 0. The predicted octanol–water partition coefficient (Wildman–Crippen LogP) is 2.20. The third kappa shape index (κ3) is 3.79. The molecule has 0 aliphatic carbocycles. The summed E-state index contributed by atoms with van der Waals surface area (Å²) in [5, 5.41) is 3.46. The molecule has 2 nitrogen and oxygen atoms in total. The summed E-state index contributed by atoms with van der Waals surface area (Å²) in [6.45, 7) is 5.43. The molecule has 0 aliphatic rings. The van der Waals surface area contributed by atoms with Gasteiger partial charge in [0.15, 0.2) is 0 Å². The molecule has 0 radical (unpaired) electrons. The molecule has 0 amide bonds. The molecule has 2 heteroatoms. The van der Waals surface area contributed by atoms with Crippen molar-refractivity contribution in [1.29, 1.82) is 0 Å². The molecule has 1 rings (SSSR count). The fourth-order valence-corrected chi connectivity index (χ4v) is 1.36. The molecule has 0 bridgehead atoms. The largest absolute Gasteiger partial charge is 0.399 e. The second-order valence-electron chi connectivity index (χ2n) is 3.76. The second kappa shape index (κ2) is 5.66. The number of nitrogen functional groups attached to an aromatic ring is 1. The number of benzene rings is 1. The summed E-state index contributed by atoms with van der Waals surface area (Å²) >= 11 is 0. The van der Waals surface area contributed by atoms with Crippen molar-refractivity contribution in [3.8, 4) is 0 Å². The lowest BCUT2D eigenvalue weighted by Crippen LogP contribution is -2.27. The normalized spacial score (nSPS) is 12.7. The van der Waals surface area contributed by atoms with Crippen LogP contribution in [0.1, 0.15) is 25.8 Å². The van der Waals surface area contributed by atoms with Gasteiger partial charge in [-0.2, -0.15) is 0 Å². The molecule has 1 unspecified atom stereocenters. The van der Waals surface area contributed by atoms with E-state index in [1.165, 1.54) is 12.0 Å². The Hall–Kier alpha value is -1.02. The van der Waals surface area contributed by atoms with E-state index in [9.17, 15) is 0 Å². The topological polar surface area (TPSA) is 38.0 Å². The van der Waals surface area contributed by atoms with E-state index in [2.05, 4.69) is 25.2 Å². The molecule has 0 saturated heterocycles. The Kier molecular flexibility index (Phi) is 4.47. The van der Waals surface area contributed by atoms with Crippen molar-refractivity contribution in [1.82, 2.24) is 5.32 Å². The maximum atomic E-state index is 5.70. The van der Waals surface area contributed by atoms with Gasteiger partial charge in [-0.05, 0) is 44.0 Å². The van der Waals surface area contributed by atoms with Gasteiger partial charge in [0, 0.05) is 11.7 Å². The van der Waals surface area contributed by atoms with E-state index in [1.807, 2.05) is 18.2 Å². The van der Waals surface area contributed by atoms with Crippen molar-refractivity contribution in [2.24, 2.45) is 0 Å². The van der Waals surface area contributed by atoms with Crippen LogP contribution in [0.5, 0.6) is 0 Å². The molecule has 0 saturated carbocycles. The quantitative estimate of drug-likeness (QED) is 0.702. The van der Waals surface area contributed by atoms with Crippen molar-refractivity contribution in [2.75, 3.05) is 12.3 Å². The molecule has 1 aromatic carbocycles. The van der Waals surface area contributed by atoms with Crippen LogP contribution < -0.4 is 11.1 Å². The standard InChI is InChI=1S/C12H20N2/c1-3-10(2)14-8-7-11-5-4-6-12(13)9-11/h4-6,9-10,14H,3,7-8,13H2,1-2H3. The van der Waals surface area contributed by atoms with Crippen molar-refractivity contribution >= 4 is 5.69 Å². The Labute approximate surface area is 86.5 Å². The summed E-state index contributed by atoms with van der Waals surface area (Å²) in [5.74, 6) is 0. The Balaban J connectivity index is 2.31. The lowest BCUT2D eigenvalue weighted by Gasteiger charge is -2.10. The highest BCUT2D eigenvalue weighted by molar-refractivity contribution is 5.40. The molecular formula is C12H20N2. The first kappa shape index (κ1) is 11.1. The van der Waals surface area contributed by atoms with Crippen LogP contribution in [0.15, 0.2) is 24.3 Å². The monoisotopic (exact) mass is 192 g/mol. The van der Waals surface area contributed by atoms with E-state index in [0.29, 0.717) is 6.04 Å². The summed E-state index contributed by atoms with van der Waals surface area (Å²) in [5.41, 5.74) is 7.86. The summed E-state index contributed by atoms with van der Waals surface area (Å²) < 4.78 is 0. The third-order valence-electron chi connectivity index (χ3n) is 2.47. The van der Waals surface area contributed by atoms with E-state index in [0.717, 1.165) is 18.7 Å². The van der Waals surface area contributed by atoms with Crippen LogP contribution in [-0.4, -0.2) is 12.6 Å². The van der Waals surface area contributed by atoms with Gasteiger partial charge in [-0.25, -0.2) is 0 Å². The van der Waals surface area contributed by atoms with Gasteiger partial charge < -0.3 is 11.1 Å². The van der Waals surface area contributed by atoms with Crippen LogP contribution in [0.4, 0.5) is 5.69 Å². The Bertz CT molecular complexity index is 271. The Morgan fingerprint density at radius 1 is 1.43 bits per heavy atom. The zero-order chi connectivity index (χ0) is 10.4. The van der Waals surface area contributed by atoms with Crippen LogP contribution in [0.3, 0.4) is 0 Å². The molecule has 0 aliphatic heterocycles. The highest BCUT2D eigenvalue weighted by Gasteiger charge is 1.97. The van der Waals surface area contributed by atoms with Crippen LogP contribution in [0.2, 0.25) is 0 Å². The molecule has 1 aromatic rings. The molecule has 0 aromatic heterocycles. The molecule has 1 atom stereocenters. The number of hydrogen-bond acceptors (Lipinski definition) is 2. The van der Waals surface area contributed by atoms with Gasteiger partial charge in [-0.15, -0.1) is 0 Å². The molecule has 78 valence electrons. The van der Waals surface area contributed by atoms with Crippen LogP contribution in [-0.2, 0) is 6.42 Å². The molecule has 0 heterocycles. The number of nitrogens with one attached hydrogen (secondary N) is 1. The van der Waals surface area contributed by atoms with Gasteiger partial charge in [-0.3, -0.25) is 0 Å². The first-order valence-corrected chi connectivity index (χ1v) is 5.30. The molecule has 3 N–H and O–H groups in total. The van der Waals surface area contributed by atoms with Gasteiger partial charge in [-0.1, -0.05) is 19.1 Å². The molecular weight excluding hydrogens is 172 g/mol. The smallest absolute Gasteiger partial charge is 0.0316 e. The van der Waals surface area contributed by atoms with Crippen molar-refractivity contribution in [3.05, 3.63) is 29.8 Å². The van der Waals surface area contributed by atoms with E-state index in [1.54, 1.807) is 0 Å². The lowest BCUT2D eigenvalue weighted by molar-refractivity contribution is 0.537. The minimum atomic E-state index is 0.607. The first-order chi connectivity index (χ1) is 6.72. The third-order valence-corrected chi connectivity index (χ3v) is 2.47. The van der Waals surface area contributed by atoms with E-state index >= 15 is 0 Å². The maximum absolute atomic E-state index is 5.70. The molecule has 0 fully saturated rings. The van der Waals surface area contributed by atoms with Crippen LogP contribution in [0.25, 0.3) is 0 Å². The summed E-state index contributed by atoms with van der Waals surface area (Å²) in [6.07, 6.45) is 2.23. The Morgan fingerprint density at radius 3 is 2.86 bits per heavy atom. The van der Waals surface area contributed by atoms with Gasteiger partial charge >= 0.3 is 0 Å². The SMILES string of the molecule is CCC(C)NCCc1cccc(N)c1. The van der Waals surface area contributed by atoms with E-state index in [-0.39, 0.29) is 0 Å². The number of hydrogen-bond donors (Lipinski definition) is 2. The van der Waals surface area contributed by atoms with Crippen molar-refractivity contribution in [2.45, 2.75) is 32.7 Å². The molecule has 0 spiro atoms. The lowest BCUT2D eigenvalue weighted by atomic mass is 10.1. The van der Waals surface area contributed by atoms with E-state index in [4.69, 9.17) is 5.73 Å². The highest BCUT2D eigenvalue weighted by Crippen LogP contribution is 2.06. The fourth-order valence-electron chi connectivity index (χ4n) is 1.36. The number of nitrogens with two attached hydrogens (primary N) is 1. The Morgan fingerprint density at radius 2 is 2.21 bits per heavy atom. The second-order valence-corrected chi connectivity index (χ2v) is 3.76. The number of anilines is 1. The van der Waals surface area contributed by atoms with Crippen molar-refractivity contribution < 1.29 is 0 Å². The number of rotatable bonds is 5. The van der Waals surface area contributed by atoms with Crippen LogP contribution in [0, 0.1) is 0 Å². The zero-order valence-electron chi connectivity index (χ0n) is 9.09. The first-order valence-electron chi connectivity index (χ1n) is 5.30. The predicted molar refractivity (Wildman–Crippen MR) is 62.3 cm³/mol. The minimum Gasteiger partial charge on any atom is -0.399 e. The fraction of sp³-hybridized carbons (Fsp3) is 0.500. The van der Waals surface area contributed by atoms with Crippen molar-refractivity contribution in [3.63, 3.8) is 0 Å². The van der Waals surface area contributed by atoms with Gasteiger partial charge in [0.05, 0.1) is 0 Å². The molecule has 14 heavy (non-hydrogen) atoms. The van der Waals surface area contributed by atoms with Gasteiger partial charge in [0.25, 0.3) is 0 Å². The zero-order valence-corrected chi connectivity index (χ0v) is 9.09. The van der Waals surface area contributed by atoms with Gasteiger partial charge in [0.1, 0.15) is 0 Å². The van der Waals surface area contributed by atoms with Gasteiger partial charge in [0.2, 0.25) is 0 Å². The van der Waals surface area contributed by atoms with E-state index < -0.39 is 0 Å².